The van der Waals surface area contributed by atoms with Gasteiger partial charge < -0.3 is 9.79 Å². The third-order valence-electron chi connectivity index (χ3n) is 3.41. The van der Waals surface area contributed by atoms with E-state index in [1.165, 1.54) is 13.8 Å². The fraction of sp³-hybridized carbons (Fsp3) is 0.636. The van der Waals surface area contributed by atoms with Gasteiger partial charge >= 0.3 is 7.60 Å². The van der Waals surface area contributed by atoms with E-state index in [-0.39, 0.29) is 23.6 Å². The van der Waals surface area contributed by atoms with Crippen LogP contribution < -0.4 is 0 Å². The molecule has 6 heteroatoms. The van der Waals surface area contributed by atoms with Crippen LogP contribution in [0.5, 0.6) is 0 Å². The number of rotatable bonds is 2. The third kappa shape index (κ3) is 2.41. The van der Waals surface area contributed by atoms with E-state index < -0.39 is 18.7 Å². The third-order valence-corrected chi connectivity index (χ3v) is 5.05. The first-order valence-electron chi connectivity index (χ1n) is 5.30. The smallest absolute Gasteiger partial charge is 0.324 e. The lowest BCUT2D eigenvalue weighted by molar-refractivity contribution is -0.119. The molecule has 1 unspecified atom stereocenters. The number of carbonyl (C=O) groups is 2. The SMILES string of the molecule is CC(=O)C1=C(C)C(=O)CC(P(=O)(O)O)C1(C)C. The average molecular weight is 260 g/mol. The Balaban J connectivity index is 3.46. The Hall–Kier alpha value is -0.770. The molecule has 0 radical (unpaired) electrons. The molecule has 0 bridgehead atoms. The van der Waals surface area contributed by atoms with Crippen molar-refractivity contribution in [3.05, 3.63) is 11.1 Å². The van der Waals surface area contributed by atoms with E-state index in [0.29, 0.717) is 5.57 Å². The molecule has 0 aromatic heterocycles. The highest BCUT2D eigenvalue weighted by atomic mass is 31.2. The molecule has 1 aliphatic rings. The lowest BCUT2D eigenvalue weighted by Gasteiger charge is -2.39. The quantitative estimate of drug-likeness (QED) is 0.733. The van der Waals surface area contributed by atoms with E-state index in [9.17, 15) is 23.9 Å². The molecule has 0 spiro atoms. The summed E-state index contributed by atoms with van der Waals surface area (Å²) in [6.07, 6.45) is -0.208. The second-order valence-electron chi connectivity index (χ2n) is 5.01. The Labute approximate surface area is 100 Å². The fourth-order valence-corrected chi connectivity index (χ4v) is 4.00. The highest BCUT2D eigenvalue weighted by Gasteiger charge is 2.50. The van der Waals surface area contributed by atoms with Gasteiger partial charge in [-0.2, -0.15) is 0 Å². The lowest BCUT2D eigenvalue weighted by Crippen LogP contribution is -2.40. The van der Waals surface area contributed by atoms with E-state index in [1.807, 2.05) is 0 Å². The summed E-state index contributed by atoms with van der Waals surface area (Å²) >= 11 is 0. The lowest BCUT2D eigenvalue weighted by atomic mass is 9.70. The summed E-state index contributed by atoms with van der Waals surface area (Å²) in [6.45, 7) is 6.06. The summed E-state index contributed by atoms with van der Waals surface area (Å²) in [5, 5.41) is 0. The molecule has 0 aromatic carbocycles. The first-order valence-corrected chi connectivity index (χ1v) is 6.98. The summed E-state index contributed by atoms with van der Waals surface area (Å²) in [5.74, 6) is -0.665. The first-order chi connectivity index (χ1) is 7.49. The van der Waals surface area contributed by atoms with Crippen LogP contribution in [0.3, 0.4) is 0 Å². The number of ketones is 2. The Morgan fingerprint density at radius 3 is 2.24 bits per heavy atom. The molecule has 0 heterocycles. The van der Waals surface area contributed by atoms with Gasteiger partial charge in [-0.3, -0.25) is 14.2 Å². The van der Waals surface area contributed by atoms with Crippen molar-refractivity contribution in [3.63, 3.8) is 0 Å². The summed E-state index contributed by atoms with van der Waals surface area (Å²) in [4.78, 5) is 41.9. The maximum absolute atomic E-state index is 11.7. The maximum Gasteiger partial charge on any atom is 0.329 e. The molecular formula is C11H17O5P. The molecule has 0 saturated carbocycles. The van der Waals surface area contributed by atoms with Crippen molar-refractivity contribution in [2.24, 2.45) is 5.41 Å². The zero-order valence-electron chi connectivity index (χ0n) is 10.4. The monoisotopic (exact) mass is 260 g/mol. The molecule has 1 aliphatic carbocycles. The maximum atomic E-state index is 11.7. The van der Waals surface area contributed by atoms with Gasteiger partial charge in [0.2, 0.25) is 0 Å². The highest BCUT2D eigenvalue weighted by molar-refractivity contribution is 7.52. The normalized spacial score (nSPS) is 25.1. The number of allylic oxidation sites excluding steroid dienone is 2. The van der Waals surface area contributed by atoms with Gasteiger partial charge in [-0.05, 0) is 19.4 Å². The molecule has 0 fully saturated rings. The van der Waals surface area contributed by atoms with Crippen molar-refractivity contribution in [1.29, 1.82) is 0 Å². The summed E-state index contributed by atoms with van der Waals surface area (Å²) in [5.41, 5.74) is -1.54. The van der Waals surface area contributed by atoms with Gasteiger partial charge in [-0.15, -0.1) is 0 Å². The van der Waals surface area contributed by atoms with Crippen LogP contribution in [0.15, 0.2) is 11.1 Å². The second kappa shape index (κ2) is 4.16. The predicted octanol–water partition coefficient (Wildman–Crippen LogP) is 1.44. The van der Waals surface area contributed by atoms with Crippen molar-refractivity contribution in [3.8, 4) is 0 Å². The Bertz CT molecular complexity index is 454. The van der Waals surface area contributed by atoms with Crippen molar-refractivity contribution in [2.45, 2.75) is 39.8 Å². The first kappa shape index (κ1) is 14.3. The molecule has 1 rings (SSSR count). The molecule has 0 aromatic rings. The molecule has 0 saturated heterocycles. The number of Topliss-reactive ketones (excluding diaryl/α,β-unsaturated/α-hetero) is 2. The summed E-state index contributed by atoms with van der Waals surface area (Å²) in [6, 6.07) is 0. The highest BCUT2D eigenvalue weighted by Crippen LogP contribution is 2.56. The van der Waals surface area contributed by atoms with Crippen LogP contribution in [0.1, 0.15) is 34.1 Å². The van der Waals surface area contributed by atoms with Crippen LogP contribution in [0.2, 0.25) is 0 Å². The Morgan fingerprint density at radius 1 is 1.41 bits per heavy atom. The minimum Gasteiger partial charge on any atom is -0.324 e. The van der Waals surface area contributed by atoms with Crippen molar-refractivity contribution in [2.75, 3.05) is 0 Å². The van der Waals surface area contributed by atoms with Crippen molar-refractivity contribution >= 4 is 19.2 Å². The minimum atomic E-state index is -4.41. The zero-order valence-corrected chi connectivity index (χ0v) is 11.2. The van der Waals surface area contributed by atoms with Crippen LogP contribution in [-0.2, 0) is 14.2 Å². The van der Waals surface area contributed by atoms with E-state index in [2.05, 4.69) is 0 Å². The average Bonchev–Trinajstić information content (AvgIpc) is 2.08. The molecule has 96 valence electrons. The van der Waals surface area contributed by atoms with Gasteiger partial charge in [0.15, 0.2) is 11.6 Å². The van der Waals surface area contributed by atoms with Gasteiger partial charge in [-0.1, -0.05) is 13.8 Å². The number of hydrogen-bond donors (Lipinski definition) is 2. The minimum absolute atomic E-state index is 0.208. The van der Waals surface area contributed by atoms with Gasteiger partial charge in [0.05, 0.1) is 5.66 Å². The molecule has 5 nitrogen and oxygen atoms in total. The summed E-state index contributed by atoms with van der Waals surface area (Å²) < 4.78 is 11.4. The fourth-order valence-electron chi connectivity index (χ4n) is 2.63. The van der Waals surface area contributed by atoms with Crippen LogP contribution >= 0.6 is 7.60 Å². The number of carbonyl (C=O) groups excluding carboxylic acids is 2. The topological polar surface area (TPSA) is 91.7 Å². The van der Waals surface area contributed by atoms with Crippen molar-refractivity contribution in [1.82, 2.24) is 0 Å². The Kier molecular flexibility index (Phi) is 3.50. The molecule has 0 amide bonds. The summed E-state index contributed by atoms with van der Waals surface area (Å²) in [7, 11) is -4.41. The van der Waals surface area contributed by atoms with Crippen LogP contribution in [0.25, 0.3) is 0 Å². The largest absolute Gasteiger partial charge is 0.329 e. The van der Waals surface area contributed by atoms with Gasteiger partial charge in [0.1, 0.15) is 0 Å². The molecule has 1 atom stereocenters. The molecule has 2 N–H and O–H groups in total. The van der Waals surface area contributed by atoms with Crippen molar-refractivity contribution < 1.29 is 23.9 Å². The van der Waals surface area contributed by atoms with Gasteiger partial charge in [0, 0.05) is 17.4 Å². The van der Waals surface area contributed by atoms with E-state index >= 15 is 0 Å². The van der Waals surface area contributed by atoms with E-state index in [4.69, 9.17) is 0 Å². The predicted molar refractivity (Wildman–Crippen MR) is 62.6 cm³/mol. The van der Waals surface area contributed by atoms with E-state index in [0.717, 1.165) is 0 Å². The Morgan fingerprint density at radius 2 is 1.88 bits per heavy atom. The number of hydrogen-bond acceptors (Lipinski definition) is 3. The second-order valence-corrected chi connectivity index (χ2v) is 6.81. The molecular weight excluding hydrogens is 243 g/mol. The molecule has 17 heavy (non-hydrogen) atoms. The van der Waals surface area contributed by atoms with Gasteiger partial charge in [-0.25, -0.2) is 0 Å². The van der Waals surface area contributed by atoms with Crippen LogP contribution in [-0.4, -0.2) is 27.0 Å². The van der Waals surface area contributed by atoms with Crippen LogP contribution in [0.4, 0.5) is 0 Å². The van der Waals surface area contributed by atoms with E-state index in [1.54, 1.807) is 13.8 Å². The zero-order chi connectivity index (χ0) is 13.6. The van der Waals surface area contributed by atoms with Crippen LogP contribution in [0, 0.1) is 5.41 Å². The standard InChI is InChI=1S/C11H17O5P/c1-6-8(13)5-9(17(14,15)16)11(3,4)10(6)7(2)12/h9H,5H2,1-4H3,(H2,14,15,16). The molecule has 0 aliphatic heterocycles. The van der Waals surface area contributed by atoms with Gasteiger partial charge in [0.25, 0.3) is 0 Å².